The van der Waals surface area contributed by atoms with Crippen LogP contribution in [0.2, 0.25) is 0 Å². The van der Waals surface area contributed by atoms with E-state index >= 15 is 0 Å². The van der Waals surface area contributed by atoms with E-state index in [-0.39, 0.29) is 18.0 Å². The number of likely N-dealkylation sites (N-methyl/N-ethyl adjacent to an activating group) is 1. The normalized spacial score (nSPS) is 24.7. The fourth-order valence-corrected chi connectivity index (χ4v) is 6.17. The molecule has 3 aromatic rings. The van der Waals surface area contributed by atoms with Gasteiger partial charge in [0.05, 0.1) is 12.1 Å². The summed E-state index contributed by atoms with van der Waals surface area (Å²) in [7, 11) is 1.99. The number of likely N-dealkylation sites (tertiary alicyclic amines) is 1. The lowest BCUT2D eigenvalue weighted by atomic mass is 9.93. The molecule has 2 aliphatic rings. The topological polar surface area (TPSA) is 70.2 Å². The van der Waals surface area contributed by atoms with Crippen molar-refractivity contribution in [3.8, 4) is 11.1 Å². The first-order valence-electron chi connectivity index (χ1n) is 11.7. The molecule has 0 bridgehead atoms. The highest BCUT2D eigenvalue weighted by Crippen LogP contribution is 2.39. The molecule has 2 aliphatic heterocycles. The quantitative estimate of drug-likeness (QED) is 0.613. The minimum Gasteiger partial charge on any atom is -0.332 e. The van der Waals surface area contributed by atoms with Gasteiger partial charge >= 0.3 is 0 Å². The van der Waals surface area contributed by atoms with Crippen molar-refractivity contribution in [3.63, 3.8) is 0 Å². The van der Waals surface area contributed by atoms with E-state index in [0.29, 0.717) is 12.1 Å². The summed E-state index contributed by atoms with van der Waals surface area (Å²) in [5, 5.41) is 7.97. The van der Waals surface area contributed by atoms with Crippen LogP contribution in [0.25, 0.3) is 21.5 Å². The van der Waals surface area contributed by atoms with Crippen LogP contribution in [-0.4, -0.2) is 52.5 Å². The van der Waals surface area contributed by atoms with Crippen molar-refractivity contribution in [1.29, 1.82) is 0 Å². The van der Waals surface area contributed by atoms with Crippen molar-refractivity contribution in [1.82, 2.24) is 25.5 Å². The van der Waals surface area contributed by atoms with Crippen LogP contribution in [0, 0.1) is 0 Å². The van der Waals surface area contributed by atoms with Gasteiger partial charge in [-0.25, -0.2) is 9.97 Å². The van der Waals surface area contributed by atoms with E-state index in [2.05, 4.69) is 39.6 Å². The molecule has 2 saturated heterocycles. The number of carbonyl (C=O) groups is 1. The Kier molecular flexibility index (Phi) is 6.22. The second-order valence-electron chi connectivity index (χ2n) is 8.95. The van der Waals surface area contributed by atoms with Crippen LogP contribution in [0.4, 0.5) is 0 Å². The van der Waals surface area contributed by atoms with Crippen LogP contribution in [0.1, 0.15) is 50.1 Å². The molecule has 168 valence electrons. The molecule has 4 atom stereocenters. The van der Waals surface area contributed by atoms with E-state index in [0.717, 1.165) is 65.1 Å². The number of pyridine rings is 1. The third-order valence-electron chi connectivity index (χ3n) is 7.00. The summed E-state index contributed by atoms with van der Waals surface area (Å²) in [5.41, 5.74) is 3.19. The number of carbonyl (C=O) groups excluding carboxylic acids is 1. The first-order valence-corrected chi connectivity index (χ1v) is 12.5. The summed E-state index contributed by atoms with van der Waals surface area (Å²) in [6, 6.07) is 13.0. The molecule has 5 rings (SSSR count). The lowest BCUT2D eigenvalue weighted by Gasteiger charge is -2.36. The van der Waals surface area contributed by atoms with Gasteiger partial charge in [-0.05, 0) is 57.7 Å². The average molecular weight is 450 g/mol. The van der Waals surface area contributed by atoms with Crippen molar-refractivity contribution in [2.24, 2.45) is 0 Å². The molecule has 0 aliphatic carbocycles. The number of piperidine rings is 1. The number of aromatic nitrogens is 2. The Labute approximate surface area is 193 Å². The molecular weight excluding hydrogens is 418 g/mol. The highest BCUT2D eigenvalue weighted by molar-refractivity contribution is 7.18. The van der Waals surface area contributed by atoms with Crippen molar-refractivity contribution in [2.75, 3.05) is 13.6 Å². The van der Waals surface area contributed by atoms with Crippen LogP contribution in [-0.2, 0) is 4.79 Å². The van der Waals surface area contributed by atoms with Crippen molar-refractivity contribution in [2.45, 2.75) is 63.2 Å². The van der Waals surface area contributed by atoms with Crippen LogP contribution >= 0.6 is 11.3 Å². The Morgan fingerprint density at radius 1 is 1.19 bits per heavy atom. The molecule has 0 radical (unpaired) electrons. The molecule has 6 nitrogen and oxygen atoms in total. The fourth-order valence-electron chi connectivity index (χ4n) is 5.09. The van der Waals surface area contributed by atoms with Crippen LogP contribution in [0.3, 0.4) is 0 Å². The third-order valence-corrected chi connectivity index (χ3v) is 8.06. The zero-order chi connectivity index (χ0) is 22.1. The van der Waals surface area contributed by atoms with E-state index in [1.54, 1.807) is 11.3 Å². The molecule has 0 saturated carbocycles. The molecule has 4 heterocycles. The Bertz CT molecular complexity index is 1080. The second kappa shape index (κ2) is 9.25. The SMILES string of the molecule is CNC(C)C1CCCC(C(=O)N2CCCC2c2nc3c(-c4ccccc4)ccnc3s2)N1. The van der Waals surface area contributed by atoms with Gasteiger partial charge in [-0.3, -0.25) is 4.79 Å². The predicted octanol–water partition coefficient (Wildman–Crippen LogP) is 4.14. The van der Waals surface area contributed by atoms with E-state index in [1.165, 1.54) is 0 Å². The summed E-state index contributed by atoms with van der Waals surface area (Å²) in [4.78, 5) is 26.2. The summed E-state index contributed by atoms with van der Waals surface area (Å²) in [6.45, 7) is 2.99. The monoisotopic (exact) mass is 449 g/mol. The molecule has 7 heteroatoms. The molecule has 2 N–H and O–H groups in total. The zero-order valence-corrected chi connectivity index (χ0v) is 19.6. The predicted molar refractivity (Wildman–Crippen MR) is 130 cm³/mol. The van der Waals surface area contributed by atoms with Gasteiger partial charge in [0.15, 0.2) is 0 Å². The van der Waals surface area contributed by atoms with Gasteiger partial charge in [0.1, 0.15) is 15.4 Å². The van der Waals surface area contributed by atoms with E-state index in [4.69, 9.17) is 4.98 Å². The van der Waals surface area contributed by atoms with Crippen molar-refractivity contribution in [3.05, 3.63) is 47.6 Å². The van der Waals surface area contributed by atoms with Gasteiger partial charge in [-0.1, -0.05) is 41.7 Å². The number of amides is 1. The Hall–Kier alpha value is -2.35. The molecular formula is C25H31N5OS. The van der Waals surface area contributed by atoms with Gasteiger partial charge < -0.3 is 15.5 Å². The molecule has 1 aromatic carbocycles. The highest BCUT2D eigenvalue weighted by atomic mass is 32.1. The van der Waals surface area contributed by atoms with Gasteiger partial charge in [0, 0.05) is 30.4 Å². The summed E-state index contributed by atoms with van der Waals surface area (Å²) < 4.78 is 0. The molecule has 2 aromatic heterocycles. The minimum atomic E-state index is -0.0995. The molecule has 0 spiro atoms. The lowest BCUT2D eigenvalue weighted by Crippen LogP contribution is -2.56. The Morgan fingerprint density at radius 2 is 2.03 bits per heavy atom. The molecule has 1 amide bonds. The van der Waals surface area contributed by atoms with E-state index < -0.39 is 0 Å². The molecule has 2 fully saturated rings. The number of benzene rings is 1. The fraction of sp³-hybridized carbons (Fsp3) is 0.480. The number of nitrogens with one attached hydrogen (secondary N) is 2. The van der Waals surface area contributed by atoms with Gasteiger partial charge in [-0.15, -0.1) is 0 Å². The summed E-state index contributed by atoms with van der Waals surface area (Å²) >= 11 is 1.63. The standard InChI is InChI=1S/C25H31N5OS/c1-16(26-2)19-10-6-11-20(28-19)25(31)30-15-7-12-21(30)23-29-22-18(13-14-27-24(22)32-23)17-8-4-3-5-9-17/h3-5,8-9,13-14,16,19-21,26,28H,6-7,10-12,15H2,1-2H3. The Morgan fingerprint density at radius 3 is 2.84 bits per heavy atom. The van der Waals surface area contributed by atoms with E-state index in [1.807, 2.05) is 37.5 Å². The second-order valence-corrected chi connectivity index (χ2v) is 9.96. The summed E-state index contributed by atoms with van der Waals surface area (Å²) in [6.07, 6.45) is 6.96. The zero-order valence-electron chi connectivity index (χ0n) is 18.8. The first-order chi connectivity index (χ1) is 15.7. The number of hydrogen-bond acceptors (Lipinski definition) is 6. The molecule has 32 heavy (non-hydrogen) atoms. The van der Waals surface area contributed by atoms with Crippen molar-refractivity contribution < 1.29 is 4.79 Å². The lowest BCUT2D eigenvalue weighted by molar-refractivity contribution is -0.135. The maximum Gasteiger partial charge on any atom is 0.240 e. The van der Waals surface area contributed by atoms with Crippen LogP contribution < -0.4 is 10.6 Å². The smallest absolute Gasteiger partial charge is 0.240 e. The van der Waals surface area contributed by atoms with Gasteiger partial charge in [-0.2, -0.15) is 0 Å². The number of rotatable bonds is 5. The van der Waals surface area contributed by atoms with Crippen LogP contribution in [0.5, 0.6) is 0 Å². The highest BCUT2D eigenvalue weighted by Gasteiger charge is 2.38. The largest absolute Gasteiger partial charge is 0.332 e. The molecule has 4 unspecified atom stereocenters. The van der Waals surface area contributed by atoms with Gasteiger partial charge in [0.2, 0.25) is 5.91 Å². The maximum atomic E-state index is 13.5. The van der Waals surface area contributed by atoms with E-state index in [9.17, 15) is 4.79 Å². The number of nitrogens with zero attached hydrogens (tertiary/aromatic N) is 3. The third kappa shape index (κ3) is 4.05. The first kappa shape index (κ1) is 21.5. The number of hydrogen-bond donors (Lipinski definition) is 2. The van der Waals surface area contributed by atoms with Crippen LogP contribution in [0.15, 0.2) is 42.6 Å². The maximum absolute atomic E-state index is 13.5. The minimum absolute atomic E-state index is 0.0502. The van der Waals surface area contributed by atoms with Crippen molar-refractivity contribution >= 4 is 27.6 Å². The average Bonchev–Trinajstić information content (AvgIpc) is 3.50. The Balaban J connectivity index is 1.40. The number of thiazole rings is 1. The van der Waals surface area contributed by atoms with Gasteiger partial charge in [0.25, 0.3) is 0 Å². The summed E-state index contributed by atoms with van der Waals surface area (Å²) in [5.74, 6) is 0.232. The number of fused-ring (bicyclic) bond motifs is 1.